The van der Waals surface area contributed by atoms with Crippen LogP contribution in [0.5, 0.6) is 0 Å². The quantitative estimate of drug-likeness (QED) is 0.803. The molecule has 2 nitrogen and oxygen atoms in total. The number of ether oxygens (including phenoxy) is 1. The maximum atomic E-state index is 8.84. The molecule has 2 rings (SSSR count). The molecule has 1 N–H and O–H groups in total. The summed E-state index contributed by atoms with van der Waals surface area (Å²) in [4.78, 5) is 0. The van der Waals surface area contributed by atoms with Crippen molar-refractivity contribution in [3.05, 3.63) is 65.8 Å². The third kappa shape index (κ3) is 2.17. The predicted octanol–water partition coefficient (Wildman–Crippen LogP) is 3.27. The van der Waals surface area contributed by atoms with Crippen LogP contribution in [-0.2, 0) is 4.74 Å². The predicted molar refractivity (Wildman–Crippen MR) is 74.2 cm³/mol. The zero-order valence-corrected chi connectivity index (χ0v) is 10.6. The molecule has 94 valence electrons. The lowest BCUT2D eigenvalue weighted by Gasteiger charge is -2.14. The average Bonchev–Trinajstić information content (AvgIpc) is 2.70. The Kier molecular flexibility index (Phi) is 4.13. The molecule has 0 spiro atoms. The lowest BCUT2D eigenvalue weighted by Crippen LogP contribution is -2.08. The summed E-state index contributed by atoms with van der Waals surface area (Å²) in [5.74, 6) is 0.178. The number of rotatable bonds is 5. The Morgan fingerprint density at radius 1 is 1.39 bits per heavy atom. The van der Waals surface area contributed by atoms with E-state index < -0.39 is 0 Å². The fraction of sp³-hybridized carbons (Fsp3) is 0.250. The molecule has 0 amide bonds. The largest absolute Gasteiger partial charge is 0.371 e. The summed E-state index contributed by atoms with van der Waals surface area (Å²) < 4.78 is 5.20. The van der Waals surface area contributed by atoms with E-state index in [-0.39, 0.29) is 12.7 Å². The van der Waals surface area contributed by atoms with Gasteiger partial charge in [-0.3, -0.25) is 0 Å². The molecule has 1 aliphatic carbocycles. The molecular formula is C16H18O2. The van der Waals surface area contributed by atoms with Crippen molar-refractivity contribution in [1.82, 2.24) is 0 Å². The number of aliphatic hydroxyl groups is 1. The molecular weight excluding hydrogens is 224 g/mol. The Morgan fingerprint density at radius 3 is 2.83 bits per heavy atom. The molecule has 0 aromatic heterocycles. The highest BCUT2D eigenvalue weighted by molar-refractivity contribution is 5.86. The molecule has 1 aromatic carbocycles. The second kappa shape index (κ2) is 5.80. The lowest BCUT2D eigenvalue weighted by molar-refractivity contribution is -0.00421. The minimum atomic E-state index is -0.245. The van der Waals surface area contributed by atoms with Gasteiger partial charge in [0, 0.05) is 5.92 Å². The van der Waals surface area contributed by atoms with E-state index in [4.69, 9.17) is 9.84 Å². The van der Waals surface area contributed by atoms with Crippen LogP contribution in [0.2, 0.25) is 0 Å². The zero-order chi connectivity index (χ0) is 13.0. The first-order chi connectivity index (χ1) is 8.83. The topological polar surface area (TPSA) is 29.5 Å². The molecule has 1 unspecified atom stereocenters. The lowest BCUT2D eigenvalue weighted by atomic mass is 9.96. The van der Waals surface area contributed by atoms with Gasteiger partial charge in [-0.2, -0.15) is 0 Å². The molecule has 0 bridgehead atoms. The highest BCUT2D eigenvalue weighted by Crippen LogP contribution is 2.43. The molecule has 0 radical (unpaired) electrons. The van der Waals surface area contributed by atoms with E-state index in [0.29, 0.717) is 6.61 Å². The van der Waals surface area contributed by atoms with Crippen LogP contribution in [0.4, 0.5) is 0 Å². The van der Waals surface area contributed by atoms with E-state index in [1.165, 1.54) is 16.7 Å². The van der Waals surface area contributed by atoms with Gasteiger partial charge >= 0.3 is 0 Å². The van der Waals surface area contributed by atoms with Crippen LogP contribution in [0.15, 0.2) is 54.6 Å². The molecule has 0 saturated heterocycles. The van der Waals surface area contributed by atoms with Crippen LogP contribution >= 0.6 is 0 Å². The van der Waals surface area contributed by atoms with Gasteiger partial charge in [-0.25, -0.2) is 0 Å². The van der Waals surface area contributed by atoms with Crippen LogP contribution in [0.3, 0.4) is 0 Å². The Morgan fingerprint density at radius 2 is 2.17 bits per heavy atom. The molecule has 1 aromatic rings. The van der Waals surface area contributed by atoms with Crippen molar-refractivity contribution in [1.29, 1.82) is 0 Å². The van der Waals surface area contributed by atoms with E-state index in [9.17, 15) is 0 Å². The van der Waals surface area contributed by atoms with Gasteiger partial charge in [0.05, 0.1) is 6.61 Å². The van der Waals surface area contributed by atoms with Gasteiger partial charge in [-0.15, -0.1) is 0 Å². The number of allylic oxidation sites excluding steroid dienone is 4. The van der Waals surface area contributed by atoms with Gasteiger partial charge in [0.25, 0.3) is 0 Å². The summed E-state index contributed by atoms with van der Waals surface area (Å²) in [6.45, 7) is 6.15. The summed E-state index contributed by atoms with van der Waals surface area (Å²) in [5, 5.41) is 8.84. The monoisotopic (exact) mass is 242 g/mol. The van der Waals surface area contributed by atoms with Crippen molar-refractivity contribution in [3.8, 4) is 0 Å². The van der Waals surface area contributed by atoms with Gasteiger partial charge in [-0.1, -0.05) is 49.1 Å². The maximum Gasteiger partial charge on any atom is 0.143 e. The smallest absolute Gasteiger partial charge is 0.143 e. The summed E-state index contributed by atoms with van der Waals surface area (Å²) in [7, 11) is 0. The second-order valence-corrected chi connectivity index (χ2v) is 4.21. The van der Waals surface area contributed by atoms with Gasteiger partial charge < -0.3 is 9.84 Å². The normalized spacial score (nSPS) is 18.4. The van der Waals surface area contributed by atoms with E-state index in [1.54, 1.807) is 0 Å². The van der Waals surface area contributed by atoms with E-state index in [0.717, 1.165) is 5.57 Å². The van der Waals surface area contributed by atoms with Gasteiger partial charge in [0.1, 0.15) is 6.79 Å². The molecule has 0 aliphatic heterocycles. The fourth-order valence-electron chi connectivity index (χ4n) is 2.52. The van der Waals surface area contributed by atoms with Crippen molar-refractivity contribution >= 4 is 5.57 Å². The molecule has 0 saturated carbocycles. The highest BCUT2D eigenvalue weighted by atomic mass is 16.6. The summed E-state index contributed by atoms with van der Waals surface area (Å²) >= 11 is 0. The van der Waals surface area contributed by atoms with Crippen molar-refractivity contribution in [2.75, 3.05) is 13.4 Å². The Labute approximate surface area is 108 Å². The minimum Gasteiger partial charge on any atom is -0.371 e. The summed E-state index contributed by atoms with van der Waals surface area (Å²) in [6.07, 6.45) is 6.02. The maximum absolute atomic E-state index is 8.84. The zero-order valence-electron chi connectivity index (χ0n) is 10.6. The number of fused-ring (bicyclic) bond motifs is 1. The minimum absolute atomic E-state index is 0.178. The number of hydrogen-bond acceptors (Lipinski definition) is 2. The summed E-state index contributed by atoms with van der Waals surface area (Å²) in [5.41, 5.74) is 4.83. The Bertz CT molecular complexity index is 498. The standard InChI is InChI=1S/C16H18O2/c1-3-7-13-12(4-2)14-8-5-6-9-15(14)16(13)10-18-11-17/h3-9,16-17H,2,10-11H2,1H3. The van der Waals surface area contributed by atoms with Crippen LogP contribution in [0, 0.1) is 0 Å². The second-order valence-electron chi connectivity index (χ2n) is 4.21. The Balaban J connectivity index is 2.48. The van der Waals surface area contributed by atoms with Crippen LogP contribution in [0.1, 0.15) is 24.0 Å². The van der Waals surface area contributed by atoms with E-state index >= 15 is 0 Å². The van der Waals surface area contributed by atoms with Crippen molar-refractivity contribution < 1.29 is 9.84 Å². The molecule has 0 fully saturated rings. The third-order valence-corrected chi connectivity index (χ3v) is 3.24. The SMILES string of the molecule is C=CC1=C(C=CC)C(COCO)c2ccccc21. The molecule has 0 heterocycles. The van der Waals surface area contributed by atoms with Crippen molar-refractivity contribution in [3.63, 3.8) is 0 Å². The van der Waals surface area contributed by atoms with Gasteiger partial charge in [0.15, 0.2) is 0 Å². The first kappa shape index (κ1) is 12.8. The average molecular weight is 242 g/mol. The number of aliphatic hydroxyl groups excluding tert-OH is 1. The first-order valence-electron chi connectivity index (χ1n) is 6.10. The van der Waals surface area contributed by atoms with Crippen LogP contribution in [0.25, 0.3) is 5.57 Å². The van der Waals surface area contributed by atoms with Crippen molar-refractivity contribution in [2.24, 2.45) is 0 Å². The van der Waals surface area contributed by atoms with E-state index in [2.05, 4.69) is 24.8 Å². The highest BCUT2D eigenvalue weighted by Gasteiger charge is 2.28. The third-order valence-electron chi connectivity index (χ3n) is 3.24. The number of hydrogen-bond donors (Lipinski definition) is 1. The first-order valence-corrected chi connectivity index (χ1v) is 6.10. The molecule has 1 aliphatic rings. The van der Waals surface area contributed by atoms with E-state index in [1.807, 2.05) is 31.2 Å². The fourth-order valence-corrected chi connectivity index (χ4v) is 2.52. The van der Waals surface area contributed by atoms with Crippen molar-refractivity contribution in [2.45, 2.75) is 12.8 Å². The van der Waals surface area contributed by atoms with Crippen LogP contribution in [-0.4, -0.2) is 18.5 Å². The van der Waals surface area contributed by atoms with Gasteiger partial charge in [0.2, 0.25) is 0 Å². The Hall–Kier alpha value is -1.64. The molecule has 2 heteroatoms. The molecule has 18 heavy (non-hydrogen) atoms. The van der Waals surface area contributed by atoms with Gasteiger partial charge in [-0.05, 0) is 29.2 Å². The van der Waals surface area contributed by atoms with Crippen LogP contribution < -0.4 is 0 Å². The number of benzene rings is 1. The summed E-state index contributed by atoms with van der Waals surface area (Å²) in [6, 6.07) is 8.28. The molecule has 1 atom stereocenters.